The number of fused-ring (bicyclic) bond motifs is 3. The zero-order valence-corrected chi connectivity index (χ0v) is 13.6. The Kier molecular flexibility index (Phi) is 3.98. The van der Waals surface area contributed by atoms with Crippen molar-refractivity contribution in [2.45, 2.75) is 45.6 Å². The fraction of sp³-hybridized carbons (Fsp3) is 0.600. The molecule has 0 amide bonds. The van der Waals surface area contributed by atoms with E-state index in [0.29, 0.717) is 16.9 Å². The number of rotatable bonds is 3. The van der Waals surface area contributed by atoms with Crippen LogP contribution in [0.2, 0.25) is 5.15 Å². The fourth-order valence-electron chi connectivity index (χ4n) is 2.93. The van der Waals surface area contributed by atoms with Crippen LogP contribution in [0.15, 0.2) is 0 Å². The molecule has 2 aromatic heterocycles. The molecular formula is C15H19ClN2OS. The number of hydrogen-bond acceptors (Lipinski definition) is 4. The van der Waals surface area contributed by atoms with Crippen molar-refractivity contribution in [2.24, 2.45) is 5.92 Å². The first-order chi connectivity index (χ1) is 9.61. The lowest BCUT2D eigenvalue weighted by molar-refractivity contribution is 0.0578. The zero-order chi connectivity index (χ0) is 14.3. The summed E-state index contributed by atoms with van der Waals surface area (Å²) in [5.41, 5.74) is 1.38. The smallest absolute Gasteiger partial charge is 0.160 e. The SMILES string of the molecule is COC(c1nc(Cl)c2c3c(sc2n1)CCCC3)C(C)C. The maximum Gasteiger partial charge on any atom is 0.160 e. The Bertz CT molecular complexity index is 638. The third-order valence-electron chi connectivity index (χ3n) is 3.90. The molecule has 20 heavy (non-hydrogen) atoms. The van der Waals surface area contributed by atoms with Gasteiger partial charge >= 0.3 is 0 Å². The van der Waals surface area contributed by atoms with Gasteiger partial charge in [0, 0.05) is 12.0 Å². The summed E-state index contributed by atoms with van der Waals surface area (Å²) in [6.45, 7) is 4.21. The summed E-state index contributed by atoms with van der Waals surface area (Å²) in [6, 6.07) is 0. The normalized spacial score (nSPS) is 16.6. The quantitative estimate of drug-likeness (QED) is 0.779. The minimum atomic E-state index is -0.101. The maximum absolute atomic E-state index is 6.45. The number of aromatic nitrogens is 2. The Labute approximate surface area is 128 Å². The molecule has 2 heterocycles. The van der Waals surface area contributed by atoms with Gasteiger partial charge in [-0.25, -0.2) is 9.97 Å². The lowest BCUT2D eigenvalue weighted by Gasteiger charge is -2.17. The minimum absolute atomic E-state index is 0.101. The molecule has 0 aliphatic heterocycles. The maximum atomic E-state index is 6.45. The molecule has 3 rings (SSSR count). The molecule has 1 unspecified atom stereocenters. The topological polar surface area (TPSA) is 35.0 Å². The average Bonchev–Trinajstić information content (AvgIpc) is 2.77. The van der Waals surface area contributed by atoms with Crippen LogP contribution in [0.5, 0.6) is 0 Å². The Balaban J connectivity index is 2.15. The summed E-state index contributed by atoms with van der Waals surface area (Å²) in [5.74, 6) is 1.03. The van der Waals surface area contributed by atoms with Gasteiger partial charge in [0.15, 0.2) is 5.82 Å². The molecule has 0 saturated carbocycles. The molecule has 1 aliphatic rings. The van der Waals surface area contributed by atoms with Crippen LogP contribution in [-0.4, -0.2) is 17.1 Å². The van der Waals surface area contributed by atoms with E-state index in [4.69, 9.17) is 21.3 Å². The lowest BCUT2D eigenvalue weighted by Crippen LogP contribution is -2.13. The molecule has 1 aliphatic carbocycles. The van der Waals surface area contributed by atoms with Crippen LogP contribution in [0.4, 0.5) is 0 Å². The molecule has 1 atom stereocenters. The number of nitrogens with zero attached hydrogens (tertiary/aromatic N) is 2. The van der Waals surface area contributed by atoms with Crippen molar-refractivity contribution in [1.82, 2.24) is 9.97 Å². The second-order valence-electron chi connectivity index (χ2n) is 5.66. The van der Waals surface area contributed by atoms with E-state index in [1.165, 1.54) is 23.3 Å². The van der Waals surface area contributed by atoms with Crippen molar-refractivity contribution in [3.8, 4) is 0 Å². The number of methoxy groups -OCH3 is 1. The van der Waals surface area contributed by atoms with Gasteiger partial charge in [-0.05, 0) is 37.2 Å². The molecule has 0 aromatic carbocycles. The van der Waals surface area contributed by atoms with E-state index in [1.807, 2.05) is 0 Å². The Morgan fingerprint density at radius 1 is 1.20 bits per heavy atom. The first-order valence-electron chi connectivity index (χ1n) is 7.12. The predicted molar refractivity (Wildman–Crippen MR) is 83.7 cm³/mol. The van der Waals surface area contributed by atoms with E-state index >= 15 is 0 Å². The first-order valence-corrected chi connectivity index (χ1v) is 8.31. The molecule has 3 nitrogen and oxygen atoms in total. The van der Waals surface area contributed by atoms with Crippen LogP contribution < -0.4 is 0 Å². The number of aryl methyl sites for hydroxylation is 2. The van der Waals surface area contributed by atoms with E-state index in [9.17, 15) is 0 Å². The van der Waals surface area contributed by atoms with Crippen molar-refractivity contribution in [1.29, 1.82) is 0 Å². The van der Waals surface area contributed by atoms with Crippen molar-refractivity contribution in [2.75, 3.05) is 7.11 Å². The van der Waals surface area contributed by atoms with Gasteiger partial charge in [0.1, 0.15) is 16.1 Å². The van der Waals surface area contributed by atoms with Crippen LogP contribution in [0, 0.1) is 5.92 Å². The number of hydrogen-bond donors (Lipinski definition) is 0. The van der Waals surface area contributed by atoms with Crippen LogP contribution in [0.25, 0.3) is 10.2 Å². The van der Waals surface area contributed by atoms with E-state index in [2.05, 4.69) is 18.8 Å². The summed E-state index contributed by atoms with van der Waals surface area (Å²) in [5, 5.41) is 1.67. The van der Waals surface area contributed by atoms with Gasteiger partial charge in [0.05, 0.1) is 5.39 Å². The van der Waals surface area contributed by atoms with Gasteiger partial charge in [0.25, 0.3) is 0 Å². The summed E-state index contributed by atoms with van der Waals surface area (Å²) >= 11 is 8.22. The molecule has 0 N–H and O–H groups in total. The van der Waals surface area contributed by atoms with Crippen LogP contribution in [0.3, 0.4) is 0 Å². The van der Waals surface area contributed by atoms with E-state index in [1.54, 1.807) is 18.4 Å². The highest BCUT2D eigenvalue weighted by Crippen LogP contribution is 2.39. The standard InChI is InChI=1S/C15H19ClN2OS/c1-8(2)12(19-3)14-17-13(16)11-9-6-4-5-7-10(9)20-15(11)18-14/h8,12H,4-7H2,1-3H3. The number of ether oxygens (including phenoxy) is 1. The van der Waals surface area contributed by atoms with Crippen molar-refractivity contribution in [3.05, 3.63) is 21.4 Å². The van der Waals surface area contributed by atoms with Gasteiger partial charge in [-0.2, -0.15) is 0 Å². The summed E-state index contributed by atoms with van der Waals surface area (Å²) in [4.78, 5) is 11.7. The Morgan fingerprint density at radius 3 is 2.65 bits per heavy atom. The summed E-state index contributed by atoms with van der Waals surface area (Å²) < 4.78 is 5.52. The van der Waals surface area contributed by atoms with Gasteiger partial charge in [0.2, 0.25) is 0 Å². The average molecular weight is 311 g/mol. The number of thiophene rings is 1. The van der Waals surface area contributed by atoms with Gasteiger partial charge in [-0.15, -0.1) is 11.3 Å². The van der Waals surface area contributed by atoms with Crippen LogP contribution in [0.1, 0.15) is 49.1 Å². The van der Waals surface area contributed by atoms with E-state index in [0.717, 1.165) is 23.1 Å². The highest BCUT2D eigenvalue weighted by Gasteiger charge is 2.24. The van der Waals surface area contributed by atoms with Crippen molar-refractivity contribution in [3.63, 3.8) is 0 Å². The highest BCUT2D eigenvalue weighted by molar-refractivity contribution is 7.19. The fourth-order valence-corrected chi connectivity index (χ4v) is 4.55. The van der Waals surface area contributed by atoms with Crippen LogP contribution >= 0.6 is 22.9 Å². The molecule has 108 valence electrons. The van der Waals surface area contributed by atoms with Crippen LogP contribution in [-0.2, 0) is 17.6 Å². The molecule has 0 fully saturated rings. The number of halogens is 1. The molecule has 0 radical (unpaired) electrons. The Morgan fingerprint density at radius 2 is 1.95 bits per heavy atom. The van der Waals surface area contributed by atoms with E-state index in [-0.39, 0.29) is 6.10 Å². The highest BCUT2D eigenvalue weighted by atomic mass is 35.5. The van der Waals surface area contributed by atoms with Gasteiger partial charge in [-0.1, -0.05) is 25.4 Å². The van der Waals surface area contributed by atoms with Crippen molar-refractivity contribution < 1.29 is 4.74 Å². The molecule has 5 heteroatoms. The monoisotopic (exact) mass is 310 g/mol. The third kappa shape index (κ3) is 2.34. The molecule has 0 bridgehead atoms. The van der Waals surface area contributed by atoms with Crippen molar-refractivity contribution >= 4 is 33.2 Å². The second kappa shape index (κ2) is 5.58. The molecule has 2 aromatic rings. The molecule has 0 spiro atoms. The van der Waals surface area contributed by atoms with Gasteiger partial charge in [-0.3, -0.25) is 0 Å². The van der Waals surface area contributed by atoms with Gasteiger partial charge < -0.3 is 4.74 Å². The zero-order valence-electron chi connectivity index (χ0n) is 12.1. The molecule has 0 saturated heterocycles. The predicted octanol–water partition coefficient (Wildman–Crippen LogP) is 4.57. The second-order valence-corrected chi connectivity index (χ2v) is 7.11. The summed E-state index contributed by atoms with van der Waals surface area (Å²) in [6.07, 6.45) is 4.67. The summed E-state index contributed by atoms with van der Waals surface area (Å²) in [7, 11) is 1.70. The first kappa shape index (κ1) is 14.2. The largest absolute Gasteiger partial charge is 0.373 e. The molecular weight excluding hydrogens is 292 g/mol. The minimum Gasteiger partial charge on any atom is -0.373 e. The Hall–Kier alpha value is -0.710. The van der Waals surface area contributed by atoms with E-state index < -0.39 is 0 Å². The third-order valence-corrected chi connectivity index (χ3v) is 5.36. The lowest BCUT2D eigenvalue weighted by atomic mass is 9.97.